The van der Waals surface area contributed by atoms with Crippen molar-refractivity contribution in [2.45, 2.75) is 31.7 Å². The molecule has 1 saturated carbocycles. The maximum Gasteiger partial charge on any atom is 0.0323 e. The summed E-state index contributed by atoms with van der Waals surface area (Å²) in [4.78, 5) is 0. The second-order valence-electron chi connectivity index (χ2n) is 4.24. The van der Waals surface area contributed by atoms with E-state index in [1.165, 1.54) is 31.2 Å². The van der Waals surface area contributed by atoms with Crippen molar-refractivity contribution in [1.29, 1.82) is 0 Å². The van der Waals surface area contributed by atoms with E-state index >= 15 is 0 Å². The van der Waals surface area contributed by atoms with Crippen LogP contribution in [0.2, 0.25) is 0 Å². The van der Waals surface area contributed by atoms with E-state index in [0.29, 0.717) is 5.92 Å². The Morgan fingerprint density at radius 1 is 1.07 bits per heavy atom. The second-order valence-corrected chi connectivity index (χ2v) is 4.24. The minimum Gasteiger partial charge on any atom is -0.399 e. The Labute approximate surface area is 85.3 Å². The van der Waals surface area contributed by atoms with Gasteiger partial charge in [0.2, 0.25) is 0 Å². The molecule has 0 radical (unpaired) electrons. The monoisotopic (exact) mass is 190 g/mol. The molecule has 2 heteroatoms. The fourth-order valence-corrected chi connectivity index (χ4v) is 2.31. The Kier molecular flexibility index (Phi) is 2.73. The summed E-state index contributed by atoms with van der Waals surface area (Å²) in [5.74, 6) is 0.679. The molecule has 1 aromatic carbocycles. The zero-order chi connectivity index (χ0) is 9.97. The Bertz CT molecular complexity index is 286. The topological polar surface area (TPSA) is 52.0 Å². The SMILES string of the molecule is Nc1ccc(C(N)C2CCCC2)cc1. The minimum absolute atomic E-state index is 0.207. The van der Waals surface area contributed by atoms with Gasteiger partial charge in [0.15, 0.2) is 0 Å². The molecule has 0 aliphatic heterocycles. The standard InChI is InChI=1S/C12H18N2/c13-11-7-5-10(6-8-11)12(14)9-3-1-2-4-9/h5-9,12H,1-4,13-14H2. The van der Waals surface area contributed by atoms with Crippen molar-refractivity contribution in [3.63, 3.8) is 0 Å². The van der Waals surface area contributed by atoms with E-state index in [1.54, 1.807) is 0 Å². The summed E-state index contributed by atoms with van der Waals surface area (Å²) in [6.07, 6.45) is 5.25. The van der Waals surface area contributed by atoms with Gasteiger partial charge in [-0.2, -0.15) is 0 Å². The number of anilines is 1. The predicted octanol–water partition coefficient (Wildman–Crippen LogP) is 2.46. The van der Waals surface area contributed by atoms with Crippen molar-refractivity contribution in [1.82, 2.24) is 0 Å². The van der Waals surface area contributed by atoms with Crippen LogP contribution >= 0.6 is 0 Å². The van der Waals surface area contributed by atoms with Crippen LogP contribution in [0.15, 0.2) is 24.3 Å². The molecular weight excluding hydrogens is 172 g/mol. The number of hydrogen-bond acceptors (Lipinski definition) is 2. The first-order valence-electron chi connectivity index (χ1n) is 5.38. The number of rotatable bonds is 2. The molecule has 14 heavy (non-hydrogen) atoms. The quantitative estimate of drug-likeness (QED) is 0.704. The van der Waals surface area contributed by atoms with Gasteiger partial charge in [0.25, 0.3) is 0 Å². The first-order chi connectivity index (χ1) is 6.77. The summed E-state index contributed by atoms with van der Waals surface area (Å²) >= 11 is 0. The van der Waals surface area contributed by atoms with E-state index in [0.717, 1.165) is 5.69 Å². The van der Waals surface area contributed by atoms with Crippen molar-refractivity contribution in [3.8, 4) is 0 Å². The summed E-state index contributed by atoms with van der Waals surface area (Å²) in [5, 5.41) is 0. The molecular formula is C12H18N2. The van der Waals surface area contributed by atoms with Crippen molar-refractivity contribution >= 4 is 5.69 Å². The fourth-order valence-electron chi connectivity index (χ4n) is 2.31. The largest absolute Gasteiger partial charge is 0.399 e. The Hall–Kier alpha value is -1.02. The molecule has 2 nitrogen and oxygen atoms in total. The summed E-state index contributed by atoms with van der Waals surface area (Å²) in [5.41, 5.74) is 13.9. The molecule has 1 aliphatic rings. The van der Waals surface area contributed by atoms with Crippen LogP contribution in [-0.4, -0.2) is 0 Å². The van der Waals surface area contributed by atoms with Crippen molar-refractivity contribution in [3.05, 3.63) is 29.8 Å². The lowest BCUT2D eigenvalue weighted by molar-refractivity contribution is 0.445. The number of nitrogens with two attached hydrogens (primary N) is 2. The van der Waals surface area contributed by atoms with E-state index in [2.05, 4.69) is 12.1 Å². The van der Waals surface area contributed by atoms with Crippen molar-refractivity contribution < 1.29 is 0 Å². The third kappa shape index (κ3) is 1.90. The number of nitrogen functional groups attached to an aromatic ring is 1. The third-order valence-corrected chi connectivity index (χ3v) is 3.23. The van der Waals surface area contributed by atoms with Gasteiger partial charge in [-0.1, -0.05) is 25.0 Å². The zero-order valence-corrected chi connectivity index (χ0v) is 8.45. The van der Waals surface area contributed by atoms with Crippen LogP contribution in [0.1, 0.15) is 37.3 Å². The van der Waals surface area contributed by atoms with Gasteiger partial charge in [0.05, 0.1) is 0 Å². The molecule has 1 unspecified atom stereocenters. The second kappa shape index (κ2) is 4.01. The van der Waals surface area contributed by atoms with E-state index < -0.39 is 0 Å². The van der Waals surface area contributed by atoms with Gasteiger partial charge in [-0.25, -0.2) is 0 Å². The number of hydrogen-bond donors (Lipinski definition) is 2. The normalized spacial score (nSPS) is 19.8. The smallest absolute Gasteiger partial charge is 0.0323 e. The first kappa shape index (κ1) is 9.53. The van der Waals surface area contributed by atoms with E-state index in [9.17, 15) is 0 Å². The Balaban J connectivity index is 2.09. The minimum atomic E-state index is 0.207. The highest BCUT2D eigenvalue weighted by Crippen LogP contribution is 2.34. The first-order valence-corrected chi connectivity index (χ1v) is 5.38. The summed E-state index contributed by atoms with van der Waals surface area (Å²) in [6.45, 7) is 0. The molecule has 2 rings (SSSR count). The van der Waals surface area contributed by atoms with Gasteiger partial charge in [-0.15, -0.1) is 0 Å². The maximum atomic E-state index is 6.21. The lowest BCUT2D eigenvalue weighted by Crippen LogP contribution is -2.18. The highest BCUT2D eigenvalue weighted by molar-refractivity contribution is 5.40. The van der Waals surface area contributed by atoms with Crippen LogP contribution < -0.4 is 11.5 Å². The van der Waals surface area contributed by atoms with E-state index in [-0.39, 0.29) is 6.04 Å². The van der Waals surface area contributed by atoms with Gasteiger partial charge in [0.1, 0.15) is 0 Å². The zero-order valence-electron chi connectivity index (χ0n) is 8.45. The molecule has 76 valence electrons. The molecule has 4 N–H and O–H groups in total. The van der Waals surface area contributed by atoms with E-state index in [4.69, 9.17) is 11.5 Å². The molecule has 0 heterocycles. The average molecular weight is 190 g/mol. The van der Waals surface area contributed by atoms with Crippen LogP contribution in [0, 0.1) is 5.92 Å². The fraction of sp³-hybridized carbons (Fsp3) is 0.500. The number of benzene rings is 1. The highest BCUT2D eigenvalue weighted by atomic mass is 14.7. The van der Waals surface area contributed by atoms with Crippen LogP contribution in [0.3, 0.4) is 0 Å². The Morgan fingerprint density at radius 2 is 1.64 bits per heavy atom. The summed E-state index contributed by atoms with van der Waals surface area (Å²) in [7, 11) is 0. The summed E-state index contributed by atoms with van der Waals surface area (Å²) < 4.78 is 0. The molecule has 1 atom stereocenters. The van der Waals surface area contributed by atoms with Gasteiger partial charge in [-0.3, -0.25) is 0 Å². The van der Waals surface area contributed by atoms with Gasteiger partial charge < -0.3 is 11.5 Å². The van der Waals surface area contributed by atoms with E-state index in [1.807, 2.05) is 12.1 Å². The average Bonchev–Trinajstić information content (AvgIpc) is 2.71. The molecule has 1 aromatic rings. The third-order valence-electron chi connectivity index (χ3n) is 3.23. The molecule has 0 spiro atoms. The van der Waals surface area contributed by atoms with Gasteiger partial charge in [-0.05, 0) is 36.5 Å². The molecule has 1 fully saturated rings. The molecule has 1 aliphatic carbocycles. The van der Waals surface area contributed by atoms with Crippen molar-refractivity contribution in [2.75, 3.05) is 5.73 Å². The highest BCUT2D eigenvalue weighted by Gasteiger charge is 2.22. The van der Waals surface area contributed by atoms with Crippen LogP contribution in [-0.2, 0) is 0 Å². The van der Waals surface area contributed by atoms with Crippen LogP contribution in [0.4, 0.5) is 5.69 Å². The van der Waals surface area contributed by atoms with Crippen LogP contribution in [0.5, 0.6) is 0 Å². The summed E-state index contributed by atoms with van der Waals surface area (Å²) in [6, 6.07) is 8.18. The van der Waals surface area contributed by atoms with Crippen LogP contribution in [0.25, 0.3) is 0 Å². The van der Waals surface area contributed by atoms with Gasteiger partial charge in [0, 0.05) is 11.7 Å². The molecule has 0 amide bonds. The Morgan fingerprint density at radius 3 is 2.21 bits per heavy atom. The maximum absolute atomic E-state index is 6.21. The molecule has 0 saturated heterocycles. The van der Waals surface area contributed by atoms with Gasteiger partial charge >= 0.3 is 0 Å². The molecule has 0 aromatic heterocycles. The predicted molar refractivity (Wildman–Crippen MR) is 59.7 cm³/mol. The lowest BCUT2D eigenvalue weighted by atomic mass is 9.92. The lowest BCUT2D eigenvalue weighted by Gasteiger charge is -2.19. The van der Waals surface area contributed by atoms with Crippen molar-refractivity contribution in [2.24, 2.45) is 11.7 Å². The molecule has 0 bridgehead atoms.